The third-order valence-corrected chi connectivity index (χ3v) is 4.93. The number of ether oxygens (including phenoxy) is 2. The number of carbonyl (C=O) groups excluding carboxylic acids is 1. The minimum Gasteiger partial charge on any atom is -0.493 e. The third kappa shape index (κ3) is 5.84. The SMILES string of the molecule is COc1cc(/C=C/C(=O)Nc2cccc(Cl)c2)cc(Br)c1OCc1ccccc1F. The Bertz CT molecular complexity index is 1090. The van der Waals surface area contributed by atoms with Crippen LogP contribution in [0.5, 0.6) is 11.5 Å². The van der Waals surface area contributed by atoms with E-state index in [2.05, 4.69) is 21.2 Å². The van der Waals surface area contributed by atoms with E-state index < -0.39 is 0 Å². The van der Waals surface area contributed by atoms with Gasteiger partial charge in [0.2, 0.25) is 5.91 Å². The van der Waals surface area contributed by atoms with Crippen LogP contribution >= 0.6 is 27.5 Å². The first-order valence-electron chi connectivity index (χ1n) is 8.94. The van der Waals surface area contributed by atoms with Gasteiger partial charge < -0.3 is 14.8 Å². The zero-order valence-corrected chi connectivity index (χ0v) is 18.3. The predicted octanol–water partition coefficient (Wildman–Crippen LogP) is 6.48. The Morgan fingerprint density at radius 3 is 2.70 bits per heavy atom. The highest BCUT2D eigenvalue weighted by Gasteiger charge is 2.12. The monoisotopic (exact) mass is 489 g/mol. The molecule has 0 aliphatic heterocycles. The number of nitrogens with one attached hydrogen (secondary N) is 1. The van der Waals surface area contributed by atoms with Crippen molar-refractivity contribution in [2.45, 2.75) is 6.61 Å². The summed E-state index contributed by atoms with van der Waals surface area (Å²) in [5.41, 5.74) is 1.76. The first-order valence-corrected chi connectivity index (χ1v) is 10.1. The summed E-state index contributed by atoms with van der Waals surface area (Å²) in [5.74, 6) is 0.266. The van der Waals surface area contributed by atoms with Crippen LogP contribution in [0.15, 0.2) is 71.2 Å². The molecule has 154 valence electrons. The van der Waals surface area contributed by atoms with E-state index in [1.165, 1.54) is 19.3 Å². The van der Waals surface area contributed by atoms with Crippen LogP contribution in [0.25, 0.3) is 6.08 Å². The molecular formula is C23H18BrClFNO3. The van der Waals surface area contributed by atoms with Gasteiger partial charge in [-0.25, -0.2) is 4.39 Å². The number of methoxy groups -OCH3 is 1. The molecule has 0 heterocycles. The lowest BCUT2D eigenvalue weighted by Gasteiger charge is -2.14. The zero-order chi connectivity index (χ0) is 21.5. The Balaban J connectivity index is 1.72. The lowest BCUT2D eigenvalue weighted by molar-refractivity contribution is -0.111. The lowest BCUT2D eigenvalue weighted by Crippen LogP contribution is -2.07. The van der Waals surface area contributed by atoms with Gasteiger partial charge in [0.05, 0.1) is 11.6 Å². The van der Waals surface area contributed by atoms with Crippen molar-refractivity contribution in [2.75, 3.05) is 12.4 Å². The molecular weight excluding hydrogens is 473 g/mol. The molecule has 0 saturated carbocycles. The Labute approximate surface area is 187 Å². The number of halogens is 3. The van der Waals surface area contributed by atoms with E-state index in [-0.39, 0.29) is 18.3 Å². The fraction of sp³-hybridized carbons (Fsp3) is 0.0870. The molecule has 0 saturated heterocycles. The minimum atomic E-state index is -0.335. The fourth-order valence-electron chi connectivity index (χ4n) is 2.66. The number of anilines is 1. The molecule has 1 N–H and O–H groups in total. The van der Waals surface area contributed by atoms with Gasteiger partial charge in [-0.15, -0.1) is 0 Å². The van der Waals surface area contributed by atoms with E-state index in [1.54, 1.807) is 60.7 Å². The third-order valence-electron chi connectivity index (χ3n) is 4.10. The minimum absolute atomic E-state index is 0.0544. The Hall–Kier alpha value is -2.83. The van der Waals surface area contributed by atoms with Crippen LogP contribution in [-0.4, -0.2) is 13.0 Å². The summed E-state index contributed by atoms with van der Waals surface area (Å²) in [6.07, 6.45) is 3.05. The second kappa shape index (κ2) is 10.3. The van der Waals surface area contributed by atoms with Crippen molar-refractivity contribution in [1.82, 2.24) is 0 Å². The van der Waals surface area contributed by atoms with Crippen molar-refractivity contribution < 1.29 is 18.7 Å². The van der Waals surface area contributed by atoms with E-state index in [0.29, 0.717) is 32.2 Å². The summed E-state index contributed by atoms with van der Waals surface area (Å²) in [7, 11) is 1.51. The standard InChI is InChI=1S/C23H18BrClFNO3/c1-29-21-12-15(9-10-22(28)27-18-7-4-6-17(25)13-18)11-19(24)23(21)30-14-16-5-2-3-8-20(16)26/h2-13H,14H2,1H3,(H,27,28)/b10-9+. The quantitative estimate of drug-likeness (QED) is 0.386. The topological polar surface area (TPSA) is 47.6 Å². The molecule has 4 nitrogen and oxygen atoms in total. The molecule has 3 rings (SSSR count). The number of amides is 1. The average Bonchev–Trinajstić information content (AvgIpc) is 2.72. The van der Waals surface area contributed by atoms with Crippen LogP contribution < -0.4 is 14.8 Å². The van der Waals surface area contributed by atoms with Crippen LogP contribution in [-0.2, 0) is 11.4 Å². The molecule has 0 unspecified atom stereocenters. The van der Waals surface area contributed by atoms with E-state index in [4.69, 9.17) is 21.1 Å². The smallest absolute Gasteiger partial charge is 0.248 e. The second-order valence-electron chi connectivity index (χ2n) is 6.25. The molecule has 0 aromatic heterocycles. The predicted molar refractivity (Wildman–Crippen MR) is 121 cm³/mol. The largest absolute Gasteiger partial charge is 0.493 e. The van der Waals surface area contributed by atoms with Gasteiger partial charge in [0.1, 0.15) is 12.4 Å². The maximum absolute atomic E-state index is 13.8. The molecule has 0 bridgehead atoms. The number of hydrogen-bond acceptors (Lipinski definition) is 3. The van der Waals surface area contributed by atoms with Crippen LogP contribution in [0.1, 0.15) is 11.1 Å². The van der Waals surface area contributed by atoms with Crippen molar-refractivity contribution in [3.05, 3.63) is 93.2 Å². The number of rotatable bonds is 7. The zero-order valence-electron chi connectivity index (χ0n) is 16.0. The van der Waals surface area contributed by atoms with Gasteiger partial charge in [-0.3, -0.25) is 4.79 Å². The molecule has 0 aliphatic carbocycles. The molecule has 0 aliphatic rings. The van der Waals surface area contributed by atoms with E-state index in [0.717, 1.165) is 5.56 Å². The number of carbonyl (C=O) groups is 1. The maximum Gasteiger partial charge on any atom is 0.248 e. The van der Waals surface area contributed by atoms with Crippen molar-refractivity contribution >= 4 is 45.2 Å². The molecule has 7 heteroatoms. The highest BCUT2D eigenvalue weighted by Crippen LogP contribution is 2.37. The summed E-state index contributed by atoms with van der Waals surface area (Å²) in [6.45, 7) is 0.0544. The van der Waals surface area contributed by atoms with Gasteiger partial charge in [0.25, 0.3) is 0 Å². The van der Waals surface area contributed by atoms with Gasteiger partial charge in [-0.1, -0.05) is 35.9 Å². The Morgan fingerprint density at radius 1 is 1.17 bits per heavy atom. The van der Waals surface area contributed by atoms with Gasteiger partial charge in [-0.05, 0) is 64.0 Å². The highest BCUT2D eigenvalue weighted by atomic mass is 79.9. The van der Waals surface area contributed by atoms with Gasteiger partial charge >= 0.3 is 0 Å². The van der Waals surface area contributed by atoms with E-state index in [9.17, 15) is 9.18 Å². The summed E-state index contributed by atoms with van der Waals surface area (Å²) in [4.78, 5) is 12.2. The molecule has 0 atom stereocenters. The number of benzene rings is 3. The molecule has 3 aromatic rings. The van der Waals surface area contributed by atoms with Crippen LogP contribution in [0.2, 0.25) is 5.02 Å². The molecule has 0 fully saturated rings. The first-order chi connectivity index (χ1) is 14.5. The van der Waals surface area contributed by atoms with Crippen molar-refractivity contribution in [3.8, 4) is 11.5 Å². The fourth-order valence-corrected chi connectivity index (χ4v) is 3.43. The Morgan fingerprint density at radius 2 is 1.97 bits per heavy atom. The van der Waals surface area contributed by atoms with E-state index >= 15 is 0 Å². The van der Waals surface area contributed by atoms with Gasteiger partial charge in [0.15, 0.2) is 11.5 Å². The van der Waals surface area contributed by atoms with Gasteiger partial charge in [0, 0.05) is 22.3 Å². The maximum atomic E-state index is 13.8. The van der Waals surface area contributed by atoms with Crippen molar-refractivity contribution in [2.24, 2.45) is 0 Å². The Kier molecular flexibility index (Phi) is 7.49. The van der Waals surface area contributed by atoms with E-state index in [1.807, 2.05) is 0 Å². The summed E-state index contributed by atoms with van der Waals surface area (Å²) >= 11 is 9.37. The number of hydrogen-bond donors (Lipinski definition) is 1. The summed E-state index contributed by atoms with van der Waals surface area (Å²) < 4.78 is 25.6. The molecule has 30 heavy (non-hydrogen) atoms. The lowest BCUT2D eigenvalue weighted by atomic mass is 10.1. The first kappa shape index (κ1) is 21.9. The van der Waals surface area contributed by atoms with Crippen LogP contribution in [0.4, 0.5) is 10.1 Å². The molecule has 3 aromatic carbocycles. The molecule has 0 spiro atoms. The van der Waals surface area contributed by atoms with Gasteiger partial charge in [-0.2, -0.15) is 0 Å². The highest BCUT2D eigenvalue weighted by molar-refractivity contribution is 9.10. The van der Waals surface area contributed by atoms with Crippen molar-refractivity contribution in [1.29, 1.82) is 0 Å². The summed E-state index contributed by atoms with van der Waals surface area (Å²) in [6, 6.07) is 16.8. The molecule has 1 amide bonds. The molecule has 0 radical (unpaired) electrons. The second-order valence-corrected chi connectivity index (χ2v) is 7.54. The normalized spacial score (nSPS) is 10.8. The summed E-state index contributed by atoms with van der Waals surface area (Å²) in [5, 5.41) is 3.28. The average molecular weight is 491 g/mol. The van der Waals surface area contributed by atoms with Crippen LogP contribution in [0, 0.1) is 5.82 Å². The van der Waals surface area contributed by atoms with Crippen LogP contribution in [0.3, 0.4) is 0 Å². The van der Waals surface area contributed by atoms with Crippen molar-refractivity contribution in [3.63, 3.8) is 0 Å².